The normalized spacial score (nSPS) is 14.6. The van der Waals surface area contributed by atoms with Crippen molar-refractivity contribution in [1.82, 2.24) is 4.98 Å². The molecule has 45 heavy (non-hydrogen) atoms. The Kier molecular flexibility index (Phi) is 14.0. The van der Waals surface area contributed by atoms with Gasteiger partial charge in [0, 0.05) is 44.2 Å². The van der Waals surface area contributed by atoms with E-state index in [-0.39, 0.29) is 37.7 Å². The summed E-state index contributed by atoms with van der Waals surface area (Å²) >= 11 is 0. The fraction of sp³-hybridized carbons (Fsp3) is 0.463. The van der Waals surface area contributed by atoms with Crippen LogP contribution in [-0.4, -0.2) is 15.9 Å². The van der Waals surface area contributed by atoms with Gasteiger partial charge in [-0.25, -0.2) is 0 Å². The molecule has 243 valence electrons. The number of hydrogen-bond donors (Lipinski definition) is 1. The number of benzene rings is 3. The van der Waals surface area contributed by atoms with Gasteiger partial charge in [-0.1, -0.05) is 97.7 Å². The molecule has 1 heterocycles. The largest absolute Gasteiger partial charge is 0.512 e. The van der Waals surface area contributed by atoms with E-state index >= 15 is 0 Å². The van der Waals surface area contributed by atoms with Gasteiger partial charge in [-0.15, -0.1) is 34.9 Å². The number of pyridine rings is 1. The van der Waals surface area contributed by atoms with Crippen LogP contribution in [0.5, 0.6) is 0 Å². The molecular weight excluding hydrogens is 731 g/mol. The van der Waals surface area contributed by atoms with Crippen LogP contribution >= 0.6 is 0 Å². The molecule has 3 aromatic carbocycles. The fourth-order valence-corrected chi connectivity index (χ4v) is 6.74. The summed E-state index contributed by atoms with van der Waals surface area (Å²) in [6, 6.07) is 23.2. The maximum absolute atomic E-state index is 12.3. The molecule has 1 unspecified atom stereocenters. The molecule has 0 bridgehead atoms. The number of rotatable bonds is 10. The third-order valence-electron chi connectivity index (χ3n) is 9.59. The number of allylic oxidation sites excluding steroid dienone is 2. The minimum absolute atomic E-state index is 0. The molecule has 0 saturated heterocycles. The Morgan fingerprint density at radius 1 is 0.889 bits per heavy atom. The minimum Gasteiger partial charge on any atom is -0.512 e. The van der Waals surface area contributed by atoms with Gasteiger partial charge in [0.2, 0.25) is 0 Å². The molecule has 5 rings (SSSR count). The van der Waals surface area contributed by atoms with Crippen LogP contribution in [0.15, 0.2) is 72.6 Å². The molecule has 1 N–H and O–H groups in total. The van der Waals surface area contributed by atoms with E-state index < -0.39 is 0 Å². The van der Waals surface area contributed by atoms with E-state index in [2.05, 4.69) is 109 Å². The van der Waals surface area contributed by atoms with Crippen molar-refractivity contribution in [3.63, 3.8) is 0 Å². The summed E-state index contributed by atoms with van der Waals surface area (Å²) in [6.45, 7) is 15.1. The number of fused-ring (bicyclic) bond motifs is 3. The van der Waals surface area contributed by atoms with E-state index in [1.807, 2.05) is 6.20 Å². The third-order valence-corrected chi connectivity index (χ3v) is 9.59. The van der Waals surface area contributed by atoms with E-state index in [4.69, 9.17) is 4.98 Å². The van der Waals surface area contributed by atoms with E-state index in [0.29, 0.717) is 23.5 Å². The van der Waals surface area contributed by atoms with Crippen molar-refractivity contribution in [1.29, 1.82) is 0 Å². The Bertz CT molecular complexity index is 1550. The average molecular weight is 783 g/mol. The zero-order chi connectivity index (χ0) is 31.8. The van der Waals surface area contributed by atoms with Crippen LogP contribution in [0.3, 0.4) is 0 Å². The van der Waals surface area contributed by atoms with Gasteiger partial charge in [-0.3, -0.25) is 4.79 Å². The number of nitrogens with zero attached hydrogens (tertiary/aromatic N) is 1. The molecule has 0 spiro atoms. The molecular formula is C41H52IrNO2-. The van der Waals surface area contributed by atoms with Crippen molar-refractivity contribution < 1.29 is 30.0 Å². The number of aromatic nitrogens is 1. The van der Waals surface area contributed by atoms with Crippen LogP contribution in [0.4, 0.5) is 0 Å². The van der Waals surface area contributed by atoms with Crippen molar-refractivity contribution in [3.05, 3.63) is 89.8 Å². The Morgan fingerprint density at radius 2 is 1.58 bits per heavy atom. The van der Waals surface area contributed by atoms with Crippen LogP contribution in [-0.2, 0) is 24.9 Å². The van der Waals surface area contributed by atoms with Crippen LogP contribution < -0.4 is 0 Å². The monoisotopic (exact) mass is 783 g/mol. The predicted octanol–water partition coefficient (Wildman–Crippen LogP) is 11.7. The van der Waals surface area contributed by atoms with Crippen LogP contribution in [0.2, 0.25) is 0 Å². The molecule has 0 aliphatic heterocycles. The van der Waals surface area contributed by atoms with Crippen LogP contribution in [0, 0.1) is 23.8 Å². The molecule has 0 amide bonds. The second-order valence-corrected chi connectivity index (χ2v) is 13.2. The second kappa shape index (κ2) is 17.2. The molecule has 1 saturated carbocycles. The molecule has 1 radical (unpaired) electrons. The van der Waals surface area contributed by atoms with Crippen molar-refractivity contribution in [2.75, 3.05) is 0 Å². The standard InChI is InChI=1S/C25H24N.C16H28O2.Ir/c1-16(2)19-13-20(17(3)4)15-21(14-19)25-24-10-9-18-7-5-6-8-22(18)23(24)11-12-26-25;1-4-12(5-2)15(17)11-16(18)14(6-3)13-9-7-8-10-13;/h5-14,16-17H,1-4H3;11-14,17H,4-10H2,1-3H3;/q-1;;/b;15-11-;. The van der Waals surface area contributed by atoms with Gasteiger partial charge in [0.15, 0.2) is 5.78 Å². The Labute approximate surface area is 285 Å². The zero-order valence-electron chi connectivity index (χ0n) is 28.3. The first kappa shape index (κ1) is 36.7. The maximum Gasteiger partial charge on any atom is 0.162 e. The van der Waals surface area contributed by atoms with Crippen molar-refractivity contribution >= 4 is 27.3 Å². The quantitative estimate of drug-likeness (QED) is 0.0754. The summed E-state index contributed by atoms with van der Waals surface area (Å²) in [4.78, 5) is 17.0. The molecule has 1 aromatic heterocycles. The van der Waals surface area contributed by atoms with Crippen molar-refractivity contribution in [2.45, 2.75) is 105 Å². The van der Waals surface area contributed by atoms with Gasteiger partial charge in [-0.05, 0) is 83.2 Å². The first-order valence-electron chi connectivity index (χ1n) is 17.0. The minimum atomic E-state index is 0. The maximum atomic E-state index is 12.3. The number of hydrogen-bond acceptors (Lipinski definition) is 3. The Hall–Kier alpha value is -2.81. The SMILES string of the molecule is CC(C)c1[c-]c(-c2nccc3c2ccc2ccccc23)cc(C(C)C)c1.CCC(CC)/C(O)=C/C(=O)C(CC)C1CCCC1.[Ir]. The topological polar surface area (TPSA) is 50.2 Å². The number of aliphatic hydroxyl groups excluding tert-OH is 1. The van der Waals surface area contributed by atoms with Crippen molar-refractivity contribution in [3.8, 4) is 11.3 Å². The van der Waals surface area contributed by atoms with Gasteiger partial charge in [0.1, 0.15) is 0 Å². The molecule has 1 aliphatic rings. The fourth-order valence-electron chi connectivity index (χ4n) is 6.74. The molecule has 1 atom stereocenters. The average Bonchev–Trinajstić information content (AvgIpc) is 3.56. The van der Waals surface area contributed by atoms with E-state index in [1.165, 1.54) is 64.4 Å². The molecule has 4 heteroatoms. The van der Waals surface area contributed by atoms with Crippen LogP contribution in [0.1, 0.15) is 116 Å². The first-order valence-corrected chi connectivity index (χ1v) is 17.0. The Morgan fingerprint density at radius 3 is 2.20 bits per heavy atom. The van der Waals surface area contributed by atoms with E-state index in [9.17, 15) is 9.90 Å². The Balaban J connectivity index is 0.000000258. The number of carbonyl (C=O) groups excluding carboxylic acids is 1. The molecule has 4 aromatic rings. The van der Waals surface area contributed by atoms with Crippen LogP contribution in [0.25, 0.3) is 32.8 Å². The summed E-state index contributed by atoms with van der Waals surface area (Å²) < 4.78 is 0. The molecule has 1 fully saturated rings. The van der Waals surface area contributed by atoms with Gasteiger partial charge < -0.3 is 10.1 Å². The summed E-state index contributed by atoms with van der Waals surface area (Å²) in [7, 11) is 0. The number of ketones is 1. The summed E-state index contributed by atoms with van der Waals surface area (Å²) in [5, 5.41) is 15.0. The smallest absolute Gasteiger partial charge is 0.162 e. The first-order chi connectivity index (χ1) is 21.2. The zero-order valence-corrected chi connectivity index (χ0v) is 30.7. The van der Waals surface area contributed by atoms with Gasteiger partial charge in [0.25, 0.3) is 0 Å². The number of carbonyl (C=O) groups is 1. The molecule has 1 aliphatic carbocycles. The van der Waals surface area contributed by atoms with Gasteiger partial charge >= 0.3 is 0 Å². The summed E-state index contributed by atoms with van der Waals surface area (Å²) in [6.07, 6.45) is 11.0. The summed E-state index contributed by atoms with van der Waals surface area (Å²) in [5.74, 6) is 2.20. The predicted molar refractivity (Wildman–Crippen MR) is 187 cm³/mol. The molecule has 3 nitrogen and oxygen atoms in total. The van der Waals surface area contributed by atoms with Crippen molar-refractivity contribution in [2.24, 2.45) is 17.8 Å². The summed E-state index contributed by atoms with van der Waals surface area (Å²) in [5.41, 5.74) is 4.73. The van der Waals surface area contributed by atoms with Gasteiger partial charge in [0.05, 0.1) is 5.76 Å². The second-order valence-electron chi connectivity index (χ2n) is 13.2. The van der Waals surface area contributed by atoms with E-state index in [0.717, 1.165) is 30.5 Å². The third kappa shape index (κ3) is 8.92. The van der Waals surface area contributed by atoms with E-state index in [1.54, 1.807) is 0 Å². The van der Waals surface area contributed by atoms with Gasteiger partial charge in [-0.2, -0.15) is 0 Å². The number of aliphatic hydroxyl groups is 1.